The van der Waals surface area contributed by atoms with Crippen LogP contribution in [0.15, 0.2) is 36.4 Å². The van der Waals surface area contributed by atoms with Gasteiger partial charge in [0.1, 0.15) is 5.75 Å². The van der Waals surface area contributed by atoms with Crippen LogP contribution in [0.4, 0.5) is 5.69 Å². The van der Waals surface area contributed by atoms with Crippen molar-refractivity contribution in [2.24, 2.45) is 0 Å². The number of hydrogen-bond acceptors (Lipinski definition) is 3. The number of amides is 1. The van der Waals surface area contributed by atoms with Crippen molar-refractivity contribution in [3.05, 3.63) is 58.7 Å². The highest BCUT2D eigenvalue weighted by molar-refractivity contribution is 5.98. The number of Topliss-reactive ketones (excluding diaryl/α,β-unsaturated/α-hetero) is 1. The Morgan fingerprint density at radius 2 is 1.79 bits per heavy atom. The number of rotatable bonds is 5. The lowest BCUT2D eigenvalue weighted by Crippen LogP contribution is -2.30. The van der Waals surface area contributed by atoms with E-state index in [1.54, 1.807) is 31.2 Å². The number of ether oxygens (including phenoxy) is 1. The van der Waals surface area contributed by atoms with Crippen molar-refractivity contribution in [3.63, 3.8) is 0 Å². The van der Waals surface area contributed by atoms with Crippen LogP contribution in [0.1, 0.15) is 40.9 Å². The Labute approximate surface area is 142 Å². The molecule has 24 heavy (non-hydrogen) atoms. The highest BCUT2D eigenvalue weighted by Gasteiger charge is 2.17. The largest absolute Gasteiger partial charge is 0.481 e. The minimum Gasteiger partial charge on any atom is -0.481 e. The van der Waals surface area contributed by atoms with Gasteiger partial charge in [-0.3, -0.25) is 9.59 Å². The molecule has 2 rings (SSSR count). The van der Waals surface area contributed by atoms with E-state index in [-0.39, 0.29) is 11.7 Å². The van der Waals surface area contributed by atoms with Crippen molar-refractivity contribution in [2.45, 2.75) is 40.7 Å². The molecule has 0 spiro atoms. The van der Waals surface area contributed by atoms with E-state index in [0.29, 0.717) is 17.0 Å². The van der Waals surface area contributed by atoms with Crippen LogP contribution in [0.3, 0.4) is 0 Å². The van der Waals surface area contributed by atoms with Crippen molar-refractivity contribution in [1.82, 2.24) is 0 Å². The number of nitrogens with one attached hydrogen (secondary N) is 1. The number of carbonyl (C=O) groups excluding carboxylic acids is 2. The first-order valence-corrected chi connectivity index (χ1v) is 7.94. The Morgan fingerprint density at radius 3 is 2.46 bits per heavy atom. The number of anilines is 1. The molecule has 0 aliphatic carbocycles. The Morgan fingerprint density at radius 1 is 1.08 bits per heavy atom. The van der Waals surface area contributed by atoms with E-state index in [2.05, 4.69) is 11.4 Å². The fourth-order valence-corrected chi connectivity index (χ4v) is 2.43. The number of hydrogen-bond donors (Lipinski definition) is 1. The van der Waals surface area contributed by atoms with Gasteiger partial charge in [0.2, 0.25) is 0 Å². The van der Waals surface area contributed by atoms with E-state index in [0.717, 1.165) is 16.7 Å². The summed E-state index contributed by atoms with van der Waals surface area (Å²) in [6.07, 6.45) is -0.647. The predicted molar refractivity (Wildman–Crippen MR) is 95.8 cm³/mol. The smallest absolute Gasteiger partial charge is 0.265 e. The third-order valence-electron chi connectivity index (χ3n) is 3.97. The first-order valence-electron chi connectivity index (χ1n) is 7.94. The Bertz CT molecular complexity index is 780. The average Bonchev–Trinajstić information content (AvgIpc) is 2.52. The first kappa shape index (κ1) is 17.7. The van der Waals surface area contributed by atoms with Crippen LogP contribution >= 0.6 is 0 Å². The molecular weight excluding hydrogens is 302 g/mol. The third kappa shape index (κ3) is 4.22. The van der Waals surface area contributed by atoms with E-state index >= 15 is 0 Å². The monoisotopic (exact) mass is 325 g/mol. The SMILES string of the molecule is CC(=O)c1cccc(NC(=O)[C@H](C)Oc2cc(C)cc(C)c2C)c1. The second-order valence-corrected chi connectivity index (χ2v) is 6.09. The lowest BCUT2D eigenvalue weighted by molar-refractivity contribution is -0.122. The predicted octanol–water partition coefficient (Wildman–Crippen LogP) is 4.22. The Balaban J connectivity index is 2.10. The molecule has 1 N–H and O–H groups in total. The molecular formula is C20H23NO3. The molecule has 0 saturated heterocycles. The molecule has 4 nitrogen and oxygen atoms in total. The summed E-state index contributed by atoms with van der Waals surface area (Å²) in [7, 11) is 0. The van der Waals surface area contributed by atoms with Crippen molar-refractivity contribution < 1.29 is 14.3 Å². The van der Waals surface area contributed by atoms with Crippen molar-refractivity contribution in [2.75, 3.05) is 5.32 Å². The molecule has 2 aromatic carbocycles. The van der Waals surface area contributed by atoms with Gasteiger partial charge in [-0.25, -0.2) is 0 Å². The molecule has 126 valence electrons. The summed E-state index contributed by atoms with van der Waals surface area (Å²) in [6.45, 7) is 9.20. The van der Waals surface area contributed by atoms with Gasteiger partial charge >= 0.3 is 0 Å². The first-order chi connectivity index (χ1) is 11.3. The Hall–Kier alpha value is -2.62. The molecule has 0 unspecified atom stereocenters. The minimum atomic E-state index is -0.647. The van der Waals surface area contributed by atoms with Gasteiger partial charge in [-0.15, -0.1) is 0 Å². The standard InChI is InChI=1S/C20H23NO3/c1-12-9-13(2)14(3)19(10-12)24-16(5)20(23)21-18-8-6-7-17(11-18)15(4)22/h6-11,16H,1-5H3,(H,21,23)/t16-/m0/s1. The Kier molecular flexibility index (Phi) is 5.39. The van der Waals surface area contributed by atoms with Crippen LogP contribution in [-0.2, 0) is 4.79 Å². The van der Waals surface area contributed by atoms with Gasteiger partial charge in [0.05, 0.1) is 0 Å². The highest BCUT2D eigenvalue weighted by Crippen LogP contribution is 2.24. The van der Waals surface area contributed by atoms with Crippen molar-refractivity contribution >= 4 is 17.4 Å². The van der Waals surface area contributed by atoms with Crippen molar-refractivity contribution in [3.8, 4) is 5.75 Å². The molecule has 0 aromatic heterocycles. The number of ketones is 1. The molecule has 0 bridgehead atoms. The molecule has 4 heteroatoms. The van der Waals surface area contributed by atoms with Gasteiger partial charge in [-0.1, -0.05) is 18.2 Å². The fourth-order valence-electron chi connectivity index (χ4n) is 2.43. The van der Waals surface area contributed by atoms with Gasteiger partial charge in [-0.2, -0.15) is 0 Å². The minimum absolute atomic E-state index is 0.0405. The van der Waals surface area contributed by atoms with Gasteiger partial charge in [0.15, 0.2) is 11.9 Å². The van der Waals surface area contributed by atoms with E-state index in [1.807, 2.05) is 26.8 Å². The summed E-state index contributed by atoms with van der Waals surface area (Å²) in [4.78, 5) is 23.8. The van der Waals surface area contributed by atoms with E-state index in [4.69, 9.17) is 4.74 Å². The molecule has 0 aliphatic heterocycles. The second-order valence-electron chi connectivity index (χ2n) is 6.09. The second kappa shape index (κ2) is 7.30. The normalized spacial score (nSPS) is 11.7. The quantitative estimate of drug-likeness (QED) is 0.837. The zero-order valence-electron chi connectivity index (χ0n) is 14.8. The maximum atomic E-state index is 12.4. The molecule has 1 atom stereocenters. The van der Waals surface area contributed by atoms with Gasteiger partial charge < -0.3 is 10.1 Å². The van der Waals surface area contributed by atoms with Crippen LogP contribution in [0.5, 0.6) is 5.75 Å². The molecule has 0 aliphatic rings. The van der Waals surface area contributed by atoms with Crippen LogP contribution in [-0.4, -0.2) is 17.8 Å². The molecule has 0 saturated carbocycles. The summed E-state index contributed by atoms with van der Waals surface area (Å²) in [5.41, 5.74) is 4.40. The molecule has 0 fully saturated rings. The number of carbonyl (C=O) groups is 2. The van der Waals surface area contributed by atoms with Crippen LogP contribution in [0, 0.1) is 20.8 Å². The zero-order valence-corrected chi connectivity index (χ0v) is 14.8. The topological polar surface area (TPSA) is 55.4 Å². The van der Waals surface area contributed by atoms with E-state index in [1.165, 1.54) is 6.92 Å². The molecule has 0 radical (unpaired) electrons. The number of benzene rings is 2. The lowest BCUT2D eigenvalue weighted by Gasteiger charge is -2.18. The molecule has 2 aromatic rings. The molecule has 1 amide bonds. The summed E-state index contributed by atoms with van der Waals surface area (Å²) in [5.74, 6) is 0.420. The number of aryl methyl sites for hydroxylation is 2. The van der Waals surface area contributed by atoms with Gasteiger partial charge in [0, 0.05) is 11.3 Å². The van der Waals surface area contributed by atoms with E-state index < -0.39 is 6.10 Å². The summed E-state index contributed by atoms with van der Waals surface area (Å²) < 4.78 is 5.84. The van der Waals surface area contributed by atoms with Crippen LogP contribution < -0.4 is 10.1 Å². The molecule has 0 heterocycles. The van der Waals surface area contributed by atoms with Crippen LogP contribution in [0.25, 0.3) is 0 Å². The summed E-state index contributed by atoms with van der Waals surface area (Å²) in [6, 6.07) is 10.9. The average molecular weight is 325 g/mol. The maximum absolute atomic E-state index is 12.4. The van der Waals surface area contributed by atoms with Crippen molar-refractivity contribution in [1.29, 1.82) is 0 Å². The summed E-state index contributed by atoms with van der Waals surface area (Å²) in [5, 5.41) is 2.79. The van der Waals surface area contributed by atoms with Gasteiger partial charge in [-0.05, 0) is 69.5 Å². The third-order valence-corrected chi connectivity index (χ3v) is 3.97. The fraction of sp³-hybridized carbons (Fsp3) is 0.300. The van der Waals surface area contributed by atoms with Gasteiger partial charge in [0.25, 0.3) is 5.91 Å². The summed E-state index contributed by atoms with van der Waals surface area (Å²) >= 11 is 0. The van der Waals surface area contributed by atoms with E-state index in [9.17, 15) is 9.59 Å². The maximum Gasteiger partial charge on any atom is 0.265 e. The van der Waals surface area contributed by atoms with Crippen LogP contribution in [0.2, 0.25) is 0 Å². The highest BCUT2D eigenvalue weighted by atomic mass is 16.5. The zero-order chi connectivity index (χ0) is 17.9. The lowest BCUT2D eigenvalue weighted by atomic mass is 10.1.